The van der Waals surface area contributed by atoms with Crippen LogP contribution in [0, 0.1) is 0 Å². The van der Waals surface area contributed by atoms with Crippen LogP contribution in [0.1, 0.15) is 42.1 Å². The highest BCUT2D eigenvalue weighted by atomic mass is 35.5. The zero-order valence-electron chi connectivity index (χ0n) is 9.33. The molecule has 0 fully saturated rings. The molecule has 0 radical (unpaired) electrons. The maximum Gasteiger partial charge on any atom is 0.167 e. The average Bonchev–Trinajstić information content (AvgIpc) is 2.17. The van der Waals surface area contributed by atoms with E-state index in [1.165, 1.54) is 12.1 Å². The summed E-state index contributed by atoms with van der Waals surface area (Å²) in [6, 6.07) is 2.74. The van der Waals surface area contributed by atoms with Gasteiger partial charge < -0.3 is 10.2 Å². The molecule has 3 nitrogen and oxygen atoms in total. The number of aromatic hydroxyl groups is 2. The normalized spacial score (nSPS) is 10.8. The zero-order chi connectivity index (χ0) is 12.3. The van der Waals surface area contributed by atoms with Gasteiger partial charge in [-0.25, -0.2) is 0 Å². The molecule has 0 saturated heterocycles. The van der Waals surface area contributed by atoms with Crippen LogP contribution in [0.15, 0.2) is 12.1 Å². The van der Waals surface area contributed by atoms with Crippen LogP contribution in [-0.4, -0.2) is 21.9 Å². The predicted molar refractivity (Wildman–Crippen MR) is 63.5 cm³/mol. The maximum absolute atomic E-state index is 11.6. The van der Waals surface area contributed by atoms with Crippen LogP contribution < -0.4 is 0 Å². The van der Waals surface area contributed by atoms with Gasteiger partial charge in [-0.2, -0.15) is 0 Å². The minimum Gasteiger partial charge on any atom is -0.508 e. The van der Waals surface area contributed by atoms with E-state index in [4.69, 9.17) is 11.6 Å². The van der Waals surface area contributed by atoms with E-state index < -0.39 is 0 Å². The van der Waals surface area contributed by atoms with Gasteiger partial charge in [-0.3, -0.25) is 4.79 Å². The lowest BCUT2D eigenvalue weighted by Gasteiger charge is -2.11. The Bertz CT molecular complexity index is 399. The Morgan fingerprint density at radius 3 is 2.44 bits per heavy atom. The summed E-state index contributed by atoms with van der Waals surface area (Å²) in [4.78, 5) is 11.6. The molecule has 0 amide bonds. The first kappa shape index (κ1) is 12.8. The molecule has 0 heterocycles. The summed E-state index contributed by atoms with van der Waals surface area (Å²) < 4.78 is 0. The lowest BCUT2D eigenvalue weighted by molar-refractivity contribution is 0.0986. The molecule has 2 N–H and O–H groups in total. The fourth-order valence-electron chi connectivity index (χ4n) is 1.50. The SMILES string of the molecule is CC(C)c1cc(C(=O)CCCl)c(O)cc1O. The van der Waals surface area contributed by atoms with Crippen molar-refractivity contribution in [2.75, 3.05) is 5.88 Å². The maximum atomic E-state index is 11.6. The van der Waals surface area contributed by atoms with E-state index in [1.54, 1.807) is 0 Å². The van der Waals surface area contributed by atoms with Gasteiger partial charge in [0.25, 0.3) is 0 Å². The zero-order valence-corrected chi connectivity index (χ0v) is 10.1. The number of Topliss-reactive ketones (excluding diaryl/α,β-unsaturated/α-hetero) is 1. The van der Waals surface area contributed by atoms with Crippen molar-refractivity contribution in [2.45, 2.75) is 26.2 Å². The molecule has 16 heavy (non-hydrogen) atoms. The summed E-state index contributed by atoms with van der Waals surface area (Å²) in [5.41, 5.74) is 0.873. The summed E-state index contributed by atoms with van der Waals surface area (Å²) in [5.74, 6) is -0.0969. The molecule has 88 valence electrons. The topological polar surface area (TPSA) is 57.5 Å². The van der Waals surface area contributed by atoms with Gasteiger partial charge in [-0.1, -0.05) is 13.8 Å². The number of carbonyl (C=O) groups excluding carboxylic acids is 1. The number of hydrogen-bond donors (Lipinski definition) is 2. The lowest BCUT2D eigenvalue weighted by atomic mass is 9.96. The highest BCUT2D eigenvalue weighted by molar-refractivity contribution is 6.19. The van der Waals surface area contributed by atoms with Gasteiger partial charge in [0.15, 0.2) is 5.78 Å². The Morgan fingerprint density at radius 1 is 1.31 bits per heavy atom. The first-order valence-electron chi connectivity index (χ1n) is 5.12. The second-order valence-electron chi connectivity index (χ2n) is 3.95. The third kappa shape index (κ3) is 2.67. The van der Waals surface area contributed by atoms with Crippen LogP contribution in [0.25, 0.3) is 0 Å². The molecule has 0 unspecified atom stereocenters. The molecule has 0 spiro atoms. The number of halogens is 1. The second kappa shape index (κ2) is 5.21. The summed E-state index contributed by atoms with van der Waals surface area (Å²) in [6.45, 7) is 3.81. The van der Waals surface area contributed by atoms with E-state index in [0.717, 1.165) is 0 Å². The number of hydrogen-bond acceptors (Lipinski definition) is 3. The molecule has 0 aromatic heterocycles. The molecular weight excluding hydrogens is 228 g/mol. The van der Waals surface area contributed by atoms with E-state index in [0.29, 0.717) is 5.56 Å². The van der Waals surface area contributed by atoms with Crippen molar-refractivity contribution in [1.82, 2.24) is 0 Å². The van der Waals surface area contributed by atoms with Crippen molar-refractivity contribution in [2.24, 2.45) is 0 Å². The number of alkyl halides is 1. The van der Waals surface area contributed by atoms with Gasteiger partial charge in [0.2, 0.25) is 0 Å². The predicted octanol–water partition coefficient (Wildman–Crippen LogP) is 3.03. The summed E-state index contributed by atoms with van der Waals surface area (Å²) in [5, 5.41) is 19.2. The van der Waals surface area contributed by atoms with Crippen LogP contribution >= 0.6 is 11.6 Å². The van der Waals surface area contributed by atoms with Gasteiger partial charge >= 0.3 is 0 Å². The highest BCUT2D eigenvalue weighted by Crippen LogP contribution is 2.32. The molecular formula is C12H15ClO3. The van der Waals surface area contributed by atoms with Crippen LogP contribution in [0.2, 0.25) is 0 Å². The van der Waals surface area contributed by atoms with Crippen molar-refractivity contribution in [3.8, 4) is 11.5 Å². The molecule has 0 atom stereocenters. The number of ketones is 1. The van der Waals surface area contributed by atoms with E-state index >= 15 is 0 Å². The van der Waals surface area contributed by atoms with Crippen molar-refractivity contribution < 1.29 is 15.0 Å². The van der Waals surface area contributed by atoms with E-state index in [2.05, 4.69) is 0 Å². The smallest absolute Gasteiger partial charge is 0.167 e. The average molecular weight is 243 g/mol. The monoisotopic (exact) mass is 242 g/mol. The number of benzene rings is 1. The molecule has 0 aliphatic carbocycles. The Kier molecular flexibility index (Phi) is 4.19. The largest absolute Gasteiger partial charge is 0.508 e. The first-order valence-corrected chi connectivity index (χ1v) is 5.65. The summed E-state index contributed by atoms with van der Waals surface area (Å²) >= 11 is 5.48. The third-order valence-corrected chi connectivity index (χ3v) is 2.58. The molecule has 4 heteroatoms. The Morgan fingerprint density at radius 2 is 1.94 bits per heavy atom. The summed E-state index contributed by atoms with van der Waals surface area (Å²) in [7, 11) is 0. The molecule has 0 aliphatic heterocycles. The number of carbonyl (C=O) groups is 1. The van der Waals surface area contributed by atoms with E-state index in [-0.39, 0.29) is 41.1 Å². The summed E-state index contributed by atoms with van der Waals surface area (Å²) in [6.07, 6.45) is 0.178. The minimum absolute atomic E-state index is 0.00919. The lowest BCUT2D eigenvalue weighted by Crippen LogP contribution is -2.02. The number of phenols is 2. The Hall–Kier alpha value is -1.22. The molecule has 1 rings (SSSR count). The molecule has 0 saturated carbocycles. The minimum atomic E-state index is -0.214. The van der Waals surface area contributed by atoms with Crippen LogP contribution in [0.3, 0.4) is 0 Å². The molecule has 0 bridgehead atoms. The quantitative estimate of drug-likeness (QED) is 0.630. The first-order chi connectivity index (χ1) is 7.47. The van der Waals surface area contributed by atoms with Gasteiger partial charge in [-0.15, -0.1) is 11.6 Å². The van der Waals surface area contributed by atoms with E-state index in [1.807, 2.05) is 13.8 Å². The number of rotatable bonds is 4. The van der Waals surface area contributed by atoms with Crippen LogP contribution in [0.4, 0.5) is 0 Å². The Labute approximate surface area is 99.7 Å². The fraction of sp³-hybridized carbons (Fsp3) is 0.417. The Balaban J connectivity index is 3.19. The van der Waals surface area contributed by atoms with Gasteiger partial charge in [0, 0.05) is 18.4 Å². The number of phenolic OH excluding ortho intramolecular Hbond substituents is 2. The second-order valence-corrected chi connectivity index (χ2v) is 4.32. The van der Waals surface area contributed by atoms with Gasteiger partial charge in [-0.05, 0) is 17.5 Å². The molecule has 1 aromatic carbocycles. The highest BCUT2D eigenvalue weighted by Gasteiger charge is 2.16. The van der Waals surface area contributed by atoms with Gasteiger partial charge in [0.1, 0.15) is 11.5 Å². The molecule has 1 aromatic rings. The van der Waals surface area contributed by atoms with Crippen molar-refractivity contribution >= 4 is 17.4 Å². The standard InChI is InChI=1S/C12H15ClO3/c1-7(2)8-5-9(10(14)3-4-13)12(16)6-11(8)15/h5-7,15-16H,3-4H2,1-2H3. The third-order valence-electron chi connectivity index (χ3n) is 2.39. The fourth-order valence-corrected chi connectivity index (χ4v) is 1.67. The van der Waals surface area contributed by atoms with E-state index in [9.17, 15) is 15.0 Å². The van der Waals surface area contributed by atoms with Crippen molar-refractivity contribution in [3.05, 3.63) is 23.3 Å². The van der Waals surface area contributed by atoms with Crippen molar-refractivity contribution in [3.63, 3.8) is 0 Å². The van der Waals surface area contributed by atoms with Crippen molar-refractivity contribution in [1.29, 1.82) is 0 Å². The van der Waals surface area contributed by atoms with Crippen LogP contribution in [0.5, 0.6) is 11.5 Å². The van der Waals surface area contributed by atoms with Crippen LogP contribution in [-0.2, 0) is 0 Å². The van der Waals surface area contributed by atoms with Gasteiger partial charge in [0.05, 0.1) is 5.56 Å². The molecule has 0 aliphatic rings.